The summed E-state index contributed by atoms with van der Waals surface area (Å²) in [6.07, 6.45) is 0. The predicted octanol–water partition coefficient (Wildman–Crippen LogP) is 14.7. The van der Waals surface area contributed by atoms with E-state index in [4.69, 9.17) is 4.42 Å². The van der Waals surface area contributed by atoms with E-state index in [0.717, 1.165) is 39.0 Å². The Balaban J connectivity index is 1.06. The first kappa shape index (κ1) is 32.6. The summed E-state index contributed by atoms with van der Waals surface area (Å²) in [6.45, 7) is 2.37. The normalized spacial score (nSPS) is 14.5. The molecule has 0 aliphatic heterocycles. The summed E-state index contributed by atoms with van der Waals surface area (Å²) in [5.74, 6) is 0. The van der Waals surface area contributed by atoms with Gasteiger partial charge in [-0.1, -0.05) is 176 Å². The van der Waals surface area contributed by atoms with Crippen LogP contribution in [0.2, 0.25) is 0 Å². The maximum Gasteiger partial charge on any atom is 0.159 e. The predicted molar refractivity (Wildman–Crippen MR) is 242 cm³/mol. The largest absolute Gasteiger partial charge is 0.454 e. The first-order chi connectivity index (χ1) is 29.2. The maximum absolute atomic E-state index is 7.33. The molecule has 0 radical (unpaired) electrons. The molecule has 2 nitrogen and oxygen atoms in total. The molecule has 13 rings (SSSR count). The van der Waals surface area contributed by atoms with Gasteiger partial charge in [0.25, 0.3) is 0 Å². The molecule has 3 aliphatic carbocycles. The molecule has 0 atom stereocenters. The zero-order valence-corrected chi connectivity index (χ0v) is 32.5. The lowest BCUT2D eigenvalue weighted by Gasteiger charge is -2.32. The number of nitrogens with zero attached hydrogens (tertiary/aromatic N) is 1. The van der Waals surface area contributed by atoms with Gasteiger partial charge in [0.15, 0.2) is 5.58 Å². The van der Waals surface area contributed by atoms with Crippen molar-refractivity contribution in [2.45, 2.75) is 17.8 Å². The summed E-state index contributed by atoms with van der Waals surface area (Å²) in [5.41, 5.74) is 21.0. The van der Waals surface area contributed by atoms with E-state index in [1.165, 1.54) is 72.3 Å². The van der Waals surface area contributed by atoms with Crippen molar-refractivity contribution in [2.24, 2.45) is 0 Å². The molecule has 0 saturated carbocycles. The fraction of sp³-hybridized carbons (Fsp3) is 0.0526. The van der Waals surface area contributed by atoms with Gasteiger partial charge in [0.2, 0.25) is 0 Å². The van der Waals surface area contributed by atoms with E-state index in [1.54, 1.807) is 0 Å². The average Bonchev–Trinajstić information content (AvgIpc) is 4.00. The van der Waals surface area contributed by atoms with Gasteiger partial charge in [-0.3, -0.25) is 0 Å². The number of hydrogen-bond donors (Lipinski definition) is 0. The lowest BCUT2D eigenvalue weighted by atomic mass is 9.70. The molecule has 1 heterocycles. The van der Waals surface area contributed by atoms with Gasteiger partial charge >= 0.3 is 0 Å². The molecule has 0 N–H and O–H groups in total. The average molecular weight is 752 g/mol. The van der Waals surface area contributed by atoms with E-state index in [1.807, 2.05) is 0 Å². The van der Waals surface area contributed by atoms with Gasteiger partial charge in [0, 0.05) is 33.1 Å². The highest BCUT2D eigenvalue weighted by molar-refractivity contribution is 6.12. The van der Waals surface area contributed by atoms with Crippen molar-refractivity contribution >= 4 is 39.0 Å². The molecule has 3 aliphatic rings. The number of fused-ring (bicyclic) bond motifs is 16. The van der Waals surface area contributed by atoms with Crippen molar-refractivity contribution in [1.82, 2.24) is 0 Å². The zero-order valence-electron chi connectivity index (χ0n) is 32.5. The molecular weight excluding hydrogens is 715 g/mol. The van der Waals surface area contributed by atoms with Gasteiger partial charge in [-0.25, -0.2) is 0 Å². The molecule has 0 amide bonds. The Labute approximate surface area is 343 Å². The first-order valence-corrected chi connectivity index (χ1v) is 20.6. The number of benzene rings is 9. The van der Waals surface area contributed by atoms with Gasteiger partial charge in [0.1, 0.15) is 5.58 Å². The Kier molecular flexibility index (Phi) is 6.54. The minimum absolute atomic E-state index is 0.392. The fourth-order valence-electron chi connectivity index (χ4n) is 11.3. The molecule has 0 unspecified atom stereocenters. The monoisotopic (exact) mass is 751 g/mol. The number of furan rings is 1. The summed E-state index contributed by atoms with van der Waals surface area (Å²) in [6, 6.07) is 76.0. The van der Waals surface area contributed by atoms with Crippen LogP contribution in [0, 0.1) is 0 Å². The molecule has 276 valence electrons. The van der Waals surface area contributed by atoms with Crippen LogP contribution in [-0.4, -0.2) is 0 Å². The van der Waals surface area contributed by atoms with E-state index >= 15 is 0 Å². The van der Waals surface area contributed by atoms with Crippen LogP contribution < -0.4 is 4.90 Å². The standard InChI is InChI=1S/C57H37NO/c1-56(46-26-10-5-19-38(46)39-20-6-11-27-47(39)56)51-31-15-24-44-45-25-16-32-53(55(45)59-54(44)51)58(36-17-3-2-4-18-36)37-33-34-43-42-23-9-14-30-50(42)57(52(43)35-37)48-28-12-7-21-40(48)41-22-8-13-29-49(41)57/h2-35H,1H3. The van der Waals surface area contributed by atoms with Gasteiger partial charge in [-0.2, -0.15) is 0 Å². The van der Waals surface area contributed by atoms with Crippen molar-refractivity contribution < 1.29 is 4.42 Å². The van der Waals surface area contributed by atoms with E-state index in [0.29, 0.717) is 0 Å². The van der Waals surface area contributed by atoms with Crippen LogP contribution in [0.3, 0.4) is 0 Å². The highest BCUT2D eigenvalue weighted by Crippen LogP contribution is 2.63. The zero-order chi connectivity index (χ0) is 38.9. The van der Waals surface area contributed by atoms with Gasteiger partial charge < -0.3 is 9.32 Å². The number of anilines is 3. The van der Waals surface area contributed by atoms with Gasteiger partial charge in [-0.15, -0.1) is 0 Å². The highest BCUT2D eigenvalue weighted by atomic mass is 16.3. The van der Waals surface area contributed by atoms with E-state index in [-0.39, 0.29) is 0 Å². The number of rotatable bonds is 4. The van der Waals surface area contributed by atoms with Gasteiger partial charge in [-0.05, 0) is 104 Å². The molecule has 9 aromatic carbocycles. The number of para-hydroxylation sites is 3. The smallest absolute Gasteiger partial charge is 0.159 e. The molecule has 0 fully saturated rings. The van der Waals surface area contributed by atoms with Crippen molar-refractivity contribution in [3.63, 3.8) is 0 Å². The molecule has 2 heteroatoms. The quantitative estimate of drug-likeness (QED) is 0.178. The van der Waals surface area contributed by atoms with Crippen molar-refractivity contribution in [2.75, 3.05) is 4.90 Å². The minimum atomic E-state index is -0.443. The number of hydrogen-bond acceptors (Lipinski definition) is 2. The molecule has 59 heavy (non-hydrogen) atoms. The van der Waals surface area contributed by atoms with Crippen molar-refractivity contribution in [3.8, 4) is 33.4 Å². The van der Waals surface area contributed by atoms with Gasteiger partial charge in [0.05, 0.1) is 11.1 Å². The minimum Gasteiger partial charge on any atom is -0.454 e. The van der Waals surface area contributed by atoms with Crippen LogP contribution in [0.5, 0.6) is 0 Å². The SMILES string of the molecule is CC1(c2cccc3c2oc2c(N(c4ccccc4)c4ccc5c(c4)C4(c6ccccc6-c6ccccc64)c4ccccc4-5)cccc23)c2ccccc2-c2ccccc21. The summed E-state index contributed by atoms with van der Waals surface area (Å²) in [7, 11) is 0. The summed E-state index contributed by atoms with van der Waals surface area (Å²) < 4.78 is 7.33. The van der Waals surface area contributed by atoms with E-state index < -0.39 is 10.8 Å². The first-order valence-electron chi connectivity index (χ1n) is 20.6. The molecule has 1 aromatic heterocycles. The molecule has 1 spiro atoms. The third-order valence-corrected chi connectivity index (χ3v) is 13.8. The molecule has 10 aromatic rings. The van der Waals surface area contributed by atoms with Crippen LogP contribution in [0.25, 0.3) is 55.3 Å². The van der Waals surface area contributed by atoms with Crippen LogP contribution in [-0.2, 0) is 10.8 Å². The van der Waals surface area contributed by atoms with Crippen LogP contribution in [0.1, 0.15) is 45.9 Å². The van der Waals surface area contributed by atoms with Crippen molar-refractivity contribution in [3.05, 3.63) is 245 Å². The van der Waals surface area contributed by atoms with Crippen LogP contribution >= 0.6 is 0 Å². The lowest BCUT2D eigenvalue weighted by Crippen LogP contribution is -2.26. The molecule has 0 saturated heterocycles. The Morgan fingerprint density at radius 3 is 1.36 bits per heavy atom. The van der Waals surface area contributed by atoms with Crippen LogP contribution in [0.4, 0.5) is 17.1 Å². The Morgan fingerprint density at radius 1 is 0.339 bits per heavy atom. The Morgan fingerprint density at radius 2 is 0.780 bits per heavy atom. The summed E-state index contributed by atoms with van der Waals surface area (Å²) in [5, 5.41) is 2.23. The third kappa shape index (κ3) is 4.10. The fourth-order valence-corrected chi connectivity index (χ4v) is 11.3. The second kappa shape index (κ2) is 11.8. The van der Waals surface area contributed by atoms with Crippen LogP contribution in [0.15, 0.2) is 211 Å². The molecular formula is C57H37NO. The second-order valence-electron chi connectivity index (χ2n) is 16.4. The second-order valence-corrected chi connectivity index (χ2v) is 16.4. The lowest BCUT2D eigenvalue weighted by molar-refractivity contribution is 0.638. The summed E-state index contributed by atoms with van der Waals surface area (Å²) >= 11 is 0. The van der Waals surface area contributed by atoms with E-state index in [2.05, 4.69) is 218 Å². The molecule has 0 bridgehead atoms. The topological polar surface area (TPSA) is 16.4 Å². The maximum atomic E-state index is 7.33. The van der Waals surface area contributed by atoms with Crippen molar-refractivity contribution in [1.29, 1.82) is 0 Å². The summed E-state index contributed by atoms with van der Waals surface area (Å²) in [4.78, 5) is 2.40. The third-order valence-electron chi connectivity index (χ3n) is 13.8. The Bertz CT molecular complexity index is 3260. The highest BCUT2D eigenvalue weighted by Gasteiger charge is 2.51. The van der Waals surface area contributed by atoms with E-state index in [9.17, 15) is 0 Å². The Hall–Kier alpha value is -7.42.